The van der Waals surface area contributed by atoms with Gasteiger partial charge in [0.15, 0.2) is 5.82 Å². The smallest absolute Gasteiger partial charge is 0.151 e. The molecule has 6 nitrogen and oxygen atoms in total. The van der Waals surface area contributed by atoms with E-state index in [1.165, 1.54) is 17.3 Å². The molecule has 3 aromatic rings. The maximum Gasteiger partial charge on any atom is 0.151 e. The third-order valence-corrected chi connectivity index (χ3v) is 2.13. The second-order valence-corrected chi connectivity index (χ2v) is 3.23. The Hall–Kier alpha value is -2.50. The highest BCUT2D eigenvalue weighted by molar-refractivity contribution is 5.83. The summed E-state index contributed by atoms with van der Waals surface area (Å²) < 4.78 is 1.51. The lowest BCUT2D eigenvalue weighted by atomic mass is 10.3. The molecule has 0 radical (unpaired) electrons. The van der Waals surface area contributed by atoms with Gasteiger partial charge in [0.2, 0.25) is 0 Å². The molecule has 78 valence electrons. The highest BCUT2D eigenvalue weighted by Gasteiger charge is 1.98. The average molecular weight is 212 g/mol. The third-order valence-electron chi connectivity index (χ3n) is 2.13. The summed E-state index contributed by atoms with van der Waals surface area (Å²) in [5.41, 5.74) is 1.92. The van der Waals surface area contributed by atoms with Gasteiger partial charge in [-0.25, -0.2) is 9.66 Å². The molecule has 0 aliphatic carbocycles. The van der Waals surface area contributed by atoms with Crippen molar-refractivity contribution < 1.29 is 0 Å². The maximum absolute atomic E-state index is 4.35. The summed E-state index contributed by atoms with van der Waals surface area (Å²) in [5, 5.41) is 11.4. The molecular formula is C10H8N6. The molecule has 0 saturated heterocycles. The summed E-state index contributed by atoms with van der Waals surface area (Å²) in [7, 11) is 0. The van der Waals surface area contributed by atoms with Crippen LogP contribution in [-0.2, 0) is 0 Å². The fourth-order valence-electron chi connectivity index (χ4n) is 1.41. The van der Waals surface area contributed by atoms with Gasteiger partial charge in [-0.3, -0.25) is 0 Å². The molecule has 0 saturated carbocycles. The van der Waals surface area contributed by atoms with Crippen molar-refractivity contribution in [1.29, 1.82) is 0 Å². The molecule has 2 aromatic heterocycles. The van der Waals surface area contributed by atoms with E-state index in [1.807, 2.05) is 24.3 Å². The molecule has 6 heteroatoms. The third kappa shape index (κ3) is 1.56. The van der Waals surface area contributed by atoms with Crippen molar-refractivity contribution >= 4 is 17.2 Å². The number of hydrogen-bond acceptors (Lipinski definition) is 4. The van der Waals surface area contributed by atoms with E-state index in [4.69, 9.17) is 0 Å². The van der Waals surface area contributed by atoms with Crippen molar-refractivity contribution in [2.45, 2.75) is 0 Å². The quantitative estimate of drug-likeness (QED) is 0.645. The monoisotopic (exact) mass is 212 g/mol. The van der Waals surface area contributed by atoms with E-state index in [0.29, 0.717) is 5.82 Å². The fraction of sp³-hybridized carbons (Fsp3) is 0. The van der Waals surface area contributed by atoms with Crippen LogP contribution < -0.4 is 0 Å². The van der Waals surface area contributed by atoms with Crippen LogP contribution in [0.25, 0.3) is 11.0 Å². The summed E-state index contributed by atoms with van der Waals surface area (Å²) in [5.74, 6) is 0.704. The standard InChI is InChI=1S/C10H8N6/c1-2-4-9-8(3-1)14-10(15-9)5-13-16-6-11-12-7-16/h1-7H,(H,14,15)/b13-5+. The summed E-state index contributed by atoms with van der Waals surface area (Å²) in [6.45, 7) is 0. The molecule has 0 atom stereocenters. The van der Waals surface area contributed by atoms with E-state index < -0.39 is 0 Å². The number of aromatic amines is 1. The highest BCUT2D eigenvalue weighted by Crippen LogP contribution is 2.08. The number of para-hydroxylation sites is 2. The van der Waals surface area contributed by atoms with Crippen LogP contribution >= 0.6 is 0 Å². The van der Waals surface area contributed by atoms with E-state index in [2.05, 4.69) is 25.3 Å². The van der Waals surface area contributed by atoms with Crippen LogP contribution in [0.15, 0.2) is 42.0 Å². The van der Waals surface area contributed by atoms with E-state index in [0.717, 1.165) is 11.0 Å². The zero-order valence-electron chi connectivity index (χ0n) is 8.28. The summed E-state index contributed by atoms with van der Waals surface area (Å²) in [6.07, 6.45) is 4.65. The van der Waals surface area contributed by atoms with Crippen LogP contribution in [-0.4, -0.2) is 31.1 Å². The van der Waals surface area contributed by atoms with Gasteiger partial charge in [0.05, 0.1) is 17.2 Å². The minimum absolute atomic E-state index is 0.704. The van der Waals surface area contributed by atoms with E-state index in [-0.39, 0.29) is 0 Å². The number of fused-ring (bicyclic) bond motifs is 1. The van der Waals surface area contributed by atoms with Crippen LogP contribution in [0.4, 0.5) is 0 Å². The lowest BCUT2D eigenvalue weighted by Gasteiger charge is -1.86. The number of benzene rings is 1. The summed E-state index contributed by atoms with van der Waals surface area (Å²) >= 11 is 0. The van der Waals surface area contributed by atoms with Crippen molar-refractivity contribution in [3.8, 4) is 0 Å². The number of nitrogens with zero attached hydrogens (tertiary/aromatic N) is 5. The first-order valence-electron chi connectivity index (χ1n) is 4.75. The second kappa shape index (κ2) is 3.58. The Bertz CT molecular complexity index is 589. The van der Waals surface area contributed by atoms with Crippen molar-refractivity contribution in [3.05, 3.63) is 42.7 Å². The van der Waals surface area contributed by atoms with Crippen molar-refractivity contribution in [3.63, 3.8) is 0 Å². The lowest BCUT2D eigenvalue weighted by Crippen LogP contribution is -1.88. The van der Waals surface area contributed by atoms with Crippen LogP contribution in [0.5, 0.6) is 0 Å². The normalized spacial score (nSPS) is 11.5. The molecule has 2 heterocycles. The zero-order chi connectivity index (χ0) is 10.8. The first-order chi connectivity index (χ1) is 7.92. The topological polar surface area (TPSA) is 71.8 Å². The van der Waals surface area contributed by atoms with Gasteiger partial charge >= 0.3 is 0 Å². The molecule has 1 N–H and O–H groups in total. The number of H-pyrrole nitrogens is 1. The SMILES string of the molecule is C(=N\n1cnnc1)/c1nc2ccccc2[nH]1. The Kier molecular flexibility index (Phi) is 1.96. The van der Waals surface area contributed by atoms with Gasteiger partial charge in [-0.1, -0.05) is 12.1 Å². The first-order valence-corrected chi connectivity index (χ1v) is 4.75. The lowest BCUT2D eigenvalue weighted by molar-refractivity contribution is 0.876. The van der Waals surface area contributed by atoms with Crippen LogP contribution in [0.1, 0.15) is 5.82 Å². The number of nitrogens with one attached hydrogen (secondary N) is 1. The summed E-state index contributed by atoms with van der Waals surface area (Å²) in [6, 6.07) is 7.82. The van der Waals surface area contributed by atoms with Gasteiger partial charge < -0.3 is 4.98 Å². The van der Waals surface area contributed by atoms with Gasteiger partial charge in [-0.05, 0) is 12.1 Å². The molecule has 1 aromatic carbocycles. The van der Waals surface area contributed by atoms with Gasteiger partial charge in [-0.2, -0.15) is 5.10 Å². The predicted molar refractivity (Wildman–Crippen MR) is 59.1 cm³/mol. The molecule has 0 unspecified atom stereocenters. The molecule has 0 bridgehead atoms. The van der Waals surface area contributed by atoms with Crippen LogP contribution in [0.2, 0.25) is 0 Å². The summed E-state index contributed by atoms with van der Waals surface area (Å²) in [4.78, 5) is 7.50. The van der Waals surface area contributed by atoms with Gasteiger partial charge in [0, 0.05) is 0 Å². The number of aromatic nitrogens is 5. The largest absolute Gasteiger partial charge is 0.337 e. The van der Waals surface area contributed by atoms with Crippen molar-refractivity contribution in [1.82, 2.24) is 24.8 Å². The number of hydrogen-bond donors (Lipinski definition) is 1. The fourth-order valence-corrected chi connectivity index (χ4v) is 1.41. The number of imidazole rings is 1. The Morgan fingerprint density at radius 3 is 2.81 bits per heavy atom. The number of rotatable bonds is 2. The second-order valence-electron chi connectivity index (χ2n) is 3.23. The van der Waals surface area contributed by atoms with E-state index >= 15 is 0 Å². The van der Waals surface area contributed by atoms with Gasteiger partial charge in [0.25, 0.3) is 0 Å². The first kappa shape index (κ1) is 8.78. The molecule has 0 spiro atoms. The molecule has 16 heavy (non-hydrogen) atoms. The van der Waals surface area contributed by atoms with Crippen LogP contribution in [0, 0.1) is 0 Å². The molecule has 0 aliphatic heterocycles. The molecule has 0 fully saturated rings. The Labute approximate surface area is 90.7 Å². The average Bonchev–Trinajstić information content (AvgIpc) is 2.95. The molecule has 0 amide bonds. The van der Waals surface area contributed by atoms with Crippen LogP contribution in [0.3, 0.4) is 0 Å². The predicted octanol–water partition coefficient (Wildman–Crippen LogP) is 1.04. The van der Waals surface area contributed by atoms with E-state index in [1.54, 1.807) is 6.21 Å². The maximum atomic E-state index is 4.35. The zero-order valence-corrected chi connectivity index (χ0v) is 8.28. The Balaban J connectivity index is 1.95. The van der Waals surface area contributed by atoms with E-state index in [9.17, 15) is 0 Å². The van der Waals surface area contributed by atoms with Gasteiger partial charge in [0.1, 0.15) is 12.7 Å². The van der Waals surface area contributed by atoms with Crippen molar-refractivity contribution in [2.75, 3.05) is 0 Å². The highest BCUT2D eigenvalue weighted by atomic mass is 15.4. The minimum Gasteiger partial charge on any atom is -0.337 e. The van der Waals surface area contributed by atoms with Crippen molar-refractivity contribution in [2.24, 2.45) is 5.10 Å². The molecule has 3 rings (SSSR count). The molecular weight excluding hydrogens is 204 g/mol. The van der Waals surface area contributed by atoms with Gasteiger partial charge in [-0.15, -0.1) is 10.2 Å². The minimum atomic E-state index is 0.704. The molecule has 0 aliphatic rings. The Morgan fingerprint density at radius 1 is 1.19 bits per heavy atom. The Morgan fingerprint density at radius 2 is 2.00 bits per heavy atom.